The summed E-state index contributed by atoms with van der Waals surface area (Å²) < 4.78 is 26.4. The summed E-state index contributed by atoms with van der Waals surface area (Å²) >= 11 is 0.614. The standard InChI is InChI=1S/C18H10F2O4S/c19-11-5-1-9(2-6-11)13-14(10-3-7-12(20)8-4-10)16(18(23)24)25-15(13)17(21)22/h1-8H,(H,21,22)(H,23,24). The third kappa shape index (κ3) is 3.14. The number of halogens is 2. The molecule has 2 N–H and O–H groups in total. The Bertz CT molecular complexity index is 882. The van der Waals surface area contributed by atoms with Crippen molar-refractivity contribution in [3.63, 3.8) is 0 Å². The summed E-state index contributed by atoms with van der Waals surface area (Å²) in [5.41, 5.74) is 1.06. The third-order valence-electron chi connectivity index (χ3n) is 3.56. The van der Waals surface area contributed by atoms with Gasteiger partial charge in [-0.05, 0) is 35.4 Å². The molecule has 0 fully saturated rings. The van der Waals surface area contributed by atoms with Crippen LogP contribution in [0.2, 0.25) is 0 Å². The van der Waals surface area contributed by atoms with Crippen LogP contribution in [0.4, 0.5) is 8.78 Å². The molecule has 1 aromatic heterocycles. The summed E-state index contributed by atoms with van der Waals surface area (Å²) in [5, 5.41) is 19.0. The van der Waals surface area contributed by atoms with Crippen LogP contribution in [-0.4, -0.2) is 22.2 Å². The number of benzene rings is 2. The topological polar surface area (TPSA) is 74.6 Å². The Morgan fingerprint density at radius 2 is 1.00 bits per heavy atom. The molecule has 0 aliphatic rings. The molecule has 25 heavy (non-hydrogen) atoms. The average Bonchev–Trinajstić information content (AvgIpc) is 2.97. The van der Waals surface area contributed by atoms with E-state index in [2.05, 4.69) is 0 Å². The van der Waals surface area contributed by atoms with Gasteiger partial charge in [0.15, 0.2) is 0 Å². The van der Waals surface area contributed by atoms with E-state index in [4.69, 9.17) is 0 Å². The first-order chi connectivity index (χ1) is 11.9. The summed E-state index contributed by atoms with van der Waals surface area (Å²) in [7, 11) is 0. The van der Waals surface area contributed by atoms with Crippen LogP contribution in [0.3, 0.4) is 0 Å². The summed E-state index contributed by atoms with van der Waals surface area (Å²) in [6.07, 6.45) is 0. The number of carboxylic acids is 2. The van der Waals surface area contributed by atoms with Crippen LogP contribution in [0, 0.1) is 11.6 Å². The molecule has 0 radical (unpaired) electrons. The van der Waals surface area contributed by atoms with E-state index in [0.29, 0.717) is 22.5 Å². The van der Waals surface area contributed by atoms with Crippen molar-refractivity contribution in [2.45, 2.75) is 0 Å². The zero-order valence-corrected chi connectivity index (χ0v) is 13.3. The van der Waals surface area contributed by atoms with Gasteiger partial charge in [0.1, 0.15) is 21.4 Å². The highest BCUT2D eigenvalue weighted by Crippen LogP contribution is 2.43. The maximum atomic E-state index is 13.2. The molecular formula is C18H10F2O4S. The molecule has 126 valence electrons. The maximum Gasteiger partial charge on any atom is 0.346 e. The third-order valence-corrected chi connectivity index (χ3v) is 4.73. The molecule has 1 heterocycles. The second kappa shape index (κ2) is 6.45. The van der Waals surface area contributed by atoms with Crippen molar-refractivity contribution in [1.82, 2.24) is 0 Å². The largest absolute Gasteiger partial charge is 0.477 e. The van der Waals surface area contributed by atoms with Gasteiger partial charge < -0.3 is 10.2 Å². The molecule has 0 unspecified atom stereocenters. The molecule has 7 heteroatoms. The SMILES string of the molecule is O=C(O)c1sc(C(=O)O)c(-c2ccc(F)cc2)c1-c1ccc(F)cc1. The fourth-order valence-electron chi connectivity index (χ4n) is 2.52. The summed E-state index contributed by atoms with van der Waals surface area (Å²) in [5.74, 6) is -3.59. The minimum absolute atomic E-state index is 0.168. The number of aromatic carboxylic acids is 2. The maximum absolute atomic E-state index is 13.2. The number of hydrogen-bond donors (Lipinski definition) is 2. The molecule has 0 amide bonds. The average molecular weight is 360 g/mol. The Hall–Kier alpha value is -3.06. The van der Waals surface area contributed by atoms with Crippen LogP contribution in [0.15, 0.2) is 48.5 Å². The number of rotatable bonds is 4. The van der Waals surface area contributed by atoms with Crippen molar-refractivity contribution in [1.29, 1.82) is 0 Å². The summed E-state index contributed by atoms with van der Waals surface area (Å²) in [6, 6.07) is 10.2. The van der Waals surface area contributed by atoms with Crippen LogP contribution in [0.25, 0.3) is 22.3 Å². The molecule has 0 spiro atoms. The Morgan fingerprint density at radius 3 is 1.28 bits per heavy atom. The lowest BCUT2D eigenvalue weighted by Gasteiger charge is -2.08. The molecule has 0 saturated carbocycles. The van der Waals surface area contributed by atoms with Crippen molar-refractivity contribution in [3.05, 3.63) is 69.9 Å². The molecule has 0 aliphatic carbocycles. The van der Waals surface area contributed by atoms with E-state index >= 15 is 0 Å². The highest BCUT2D eigenvalue weighted by Gasteiger charge is 2.27. The molecular weight excluding hydrogens is 350 g/mol. The molecule has 3 aromatic rings. The summed E-state index contributed by atoms with van der Waals surface area (Å²) in [4.78, 5) is 22.9. The zero-order valence-electron chi connectivity index (χ0n) is 12.5. The van der Waals surface area contributed by atoms with Crippen LogP contribution in [0.5, 0.6) is 0 Å². The number of hydrogen-bond acceptors (Lipinski definition) is 3. The summed E-state index contributed by atoms with van der Waals surface area (Å²) in [6.45, 7) is 0. The number of thiophene rings is 1. The van der Waals surface area contributed by atoms with Crippen molar-refractivity contribution >= 4 is 23.3 Å². The van der Waals surface area contributed by atoms with Gasteiger partial charge >= 0.3 is 11.9 Å². The second-order valence-electron chi connectivity index (χ2n) is 5.13. The van der Waals surface area contributed by atoms with E-state index in [-0.39, 0.29) is 20.9 Å². The normalized spacial score (nSPS) is 10.6. The van der Waals surface area contributed by atoms with Crippen LogP contribution >= 0.6 is 11.3 Å². The van der Waals surface area contributed by atoms with Gasteiger partial charge in [0, 0.05) is 11.1 Å². The monoisotopic (exact) mass is 360 g/mol. The van der Waals surface area contributed by atoms with Crippen molar-refractivity contribution < 1.29 is 28.6 Å². The van der Waals surface area contributed by atoms with Gasteiger partial charge in [0.2, 0.25) is 0 Å². The van der Waals surface area contributed by atoms with Gasteiger partial charge in [0.25, 0.3) is 0 Å². The van der Waals surface area contributed by atoms with E-state index in [0.717, 1.165) is 24.3 Å². The highest BCUT2D eigenvalue weighted by atomic mass is 32.1. The Kier molecular flexibility index (Phi) is 4.33. The minimum Gasteiger partial charge on any atom is -0.477 e. The predicted molar refractivity (Wildman–Crippen MR) is 89.0 cm³/mol. The van der Waals surface area contributed by atoms with E-state index in [1.807, 2.05) is 0 Å². The lowest BCUT2D eigenvalue weighted by atomic mass is 9.94. The lowest BCUT2D eigenvalue weighted by molar-refractivity contribution is 0.0694. The first-order valence-electron chi connectivity index (χ1n) is 7.03. The van der Waals surface area contributed by atoms with Crippen molar-refractivity contribution in [2.24, 2.45) is 0 Å². The lowest BCUT2D eigenvalue weighted by Crippen LogP contribution is -1.97. The van der Waals surface area contributed by atoms with Gasteiger partial charge in [-0.3, -0.25) is 0 Å². The molecule has 0 bridgehead atoms. The van der Waals surface area contributed by atoms with Crippen molar-refractivity contribution in [3.8, 4) is 22.3 Å². The first kappa shape index (κ1) is 16.8. The Balaban J connectivity index is 2.37. The fourth-order valence-corrected chi connectivity index (χ4v) is 3.54. The van der Waals surface area contributed by atoms with Gasteiger partial charge in [0.05, 0.1) is 0 Å². The molecule has 0 aliphatic heterocycles. The van der Waals surface area contributed by atoms with Crippen LogP contribution in [-0.2, 0) is 0 Å². The Labute approximate surface area is 144 Å². The van der Waals surface area contributed by atoms with E-state index in [1.165, 1.54) is 24.3 Å². The van der Waals surface area contributed by atoms with E-state index in [9.17, 15) is 28.6 Å². The minimum atomic E-state index is -1.29. The van der Waals surface area contributed by atoms with E-state index < -0.39 is 23.6 Å². The van der Waals surface area contributed by atoms with Crippen LogP contribution < -0.4 is 0 Å². The van der Waals surface area contributed by atoms with Gasteiger partial charge in [-0.25, -0.2) is 18.4 Å². The Morgan fingerprint density at radius 1 is 0.680 bits per heavy atom. The van der Waals surface area contributed by atoms with Crippen molar-refractivity contribution in [2.75, 3.05) is 0 Å². The first-order valence-corrected chi connectivity index (χ1v) is 7.85. The molecule has 0 atom stereocenters. The van der Waals surface area contributed by atoms with Gasteiger partial charge in [-0.2, -0.15) is 0 Å². The zero-order chi connectivity index (χ0) is 18.1. The quantitative estimate of drug-likeness (QED) is 0.704. The molecule has 3 rings (SSSR count). The second-order valence-corrected chi connectivity index (χ2v) is 6.16. The fraction of sp³-hybridized carbons (Fsp3) is 0. The molecule has 2 aromatic carbocycles. The molecule has 4 nitrogen and oxygen atoms in total. The molecule has 0 saturated heterocycles. The predicted octanol–water partition coefficient (Wildman–Crippen LogP) is 4.76. The number of carbonyl (C=O) groups is 2. The highest BCUT2D eigenvalue weighted by molar-refractivity contribution is 7.17. The van der Waals surface area contributed by atoms with E-state index in [1.54, 1.807) is 0 Å². The van der Waals surface area contributed by atoms with Gasteiger partial charge in [-0.1, -0.05) is 24.3 Å². The van der Waals surface area contributed by atoms with Gasteiger partial charge in [-0.15, -0.1) is 11.3 Å². The number of carboxylic acid groups (broad SMARTS) is 2. The van der Waals surface area contributed by atoms with Crippen LogP contribution in [0.1, 0.15) is 19.3 Å². The smallest absolute Gasteiger partial charge is 0.346 e.